The van der Waals surface area contributed by atoms with Crippen LogP contribution < -0.4 is 10.1 Å². The lowest BCUT2D eigenvalue weighted by molar-refractivity contribution is -0.120. The van der Waals surface area contributed by atoms with Crippen LogP contribution >= 0.6 is 0 Å². The highest BCUT2D eigenvalue weighted by Crippen LogP contribution is 2.23. The van der Waals surface area contributed by atoms with Crippen molar-refractivity contribution in [2.45, 2.75) is 39.0 Å². The molecule has 2 rings (SSSR count). The average molecular weight is 289 g/mol. The molecule has 1 fully saturated rings. The van der Waals surface area contributed by atoms with E-state index in [2.05, 4.69) is 12.2 Å². The van der Waals surface area contributed by atoms with E-state index in [1.165, 1.54) is 18.4 Å². The fraction of sp³-hybridized carbons (Fsp3) is 0.611. The number of rotatable bonds is 7. The zero-order chi connectivity index (χ0) is 15.1. The first-order valence-corrected chi connectivity index (χ1v) is 8.04. The molecule has 1 aliphatic heterocycles. The zero-order valence-corrected chi connectivity index (χ0v) is 13.2. The minimum Gasteiger partial charge on any atom is -0.497 e. The second-order valence-electron chi connectivity index (χ2n) is 6.17. The van der Waals surface area contributed by atoms with E-state index in [9.17, 15) is 4.79 Å². The number of methoxy groups -OCH3 is 1. The molecule has 21 heavy (non-hydrogen) atoms. The molecule has 0 radical (unpaired) electrons. The Labute approximate surface area is 128 Å². The molecule has 2 atom stereocenters. The van der Waals surface area contributed by atoms with E-state index in [1.807, 2.05) is 24.3 Å². The van der Waals surface area contributed by atoms with E-state index >= 15 is 0 Å². The number of ether oxygens (including phenoxy) is 1. The van der Waals surface area contributed by atoms with Crippen LogP contribution in [-0.4, -0.2) is 26.0 Å². The molecule has 0 bridgehead atoms. The summed E-state index contributed by atoms with van der Waals surface area (Å²) in [6.45, 7) is 4.44. The molecule has 1 saturated heterocycles. The third-order valence-electron chi connectivity index (χ3n) is 4.54. The second-order valence-corrected chi connectivity index (χ2v) is 6.17. The summed E-state index contributed by atoms with van der Waals surface area (Å²) in [4.78, 5) is 12.1. The summed E-state index contributed by atoms with van der Waals surface area (Å²) in [5.74, 6) is 2.43. The highest BCUT2D eigenvalue weighted by molar-refractivity contribution is 5.78. The number of Topliss-reactive ketones (excluding diaryl/α,β-unsaturated/α-hetero) is 1. The highest BCUT2D eigenvalue weighted by Gasteiger charge is 2.21. The highest BCUT2D eigenvalue weighted by atomic mass is 16.5. The van der Waals surface area contributed by atoms with E-state index in [4.69, 9.17) is 4.74 Å². The SMILES string of the molecule is COc1ccc(CCC(=O)CC(C)C2CCCNC2)cc1. The molecule has 1 aromatic carbocycles. The Morgan fingerprint density at radius 1 is 1.38 bits per heavy atom. The van der Waals surface area contributed by atoms with Crippen LogP contribution in [0.3, 0.4) is 0 Å². The van der Waals surface area contributed by atoms with Gasteiger partial charge in [-0.2, -0.15) is 0 Å². The van der Waals surface area contributed by atoms with Crippen LogP contribution in [0.2, 0.25) is 0 Å². The quantitative estimate of drug-likeness (QED) is 0.837. The second kappa shape index (κ2) is 8.18. The topological polar surface area (TPSA) is 38.3 Å². The number of aryl methyl sites for hydroxylation is 1. The van der Waals surface area contributed by atoms with Gasteiger partial charge in [0, 0.05) is 12.8 Å². The zero-order valence-electron chi connectivity index (χ0n) is 13.2. The van der Waals surface area contributed by atoms with Crippen molar-refractivity contribution in [3.8, 4) is 5.75 Å². The molecule has 1 heterocycles. The summed E-state index contributed by atoms with van der Waals surface area (Å²) in [6.07, 6.45) is 4.72. The molecular formula is C18H27NO2. The fourth-order valence-electron chi connectivity index (χ4n) is 3.07. The monoisotopic (exact) mass is 289 g/mol. The van der Waals surface area contributed by atoms with E-state index in [-0.39, 0.29) is 0 Å². The fourth-order valence-corrected chi connectivity index (χ4v) is 3.07. The Morgan fingerprint density at radius 3 is 2.76 bits per heavy atom. The number of carbonyl (C=O) groups is 1. The molecule has 0 spiro atoms. The van der Waals surface area contributed by atoms with Gasteiger partial charge in [0.05, 0.1) is 7.11 Å². The lowest BCUT2D eigenvalue weighted by Gasteiger charge is -2.28. The molecule has 3 heteroatoms. The van der Waals surface area contributed by atoms with Gasteiger partial charge < -0.3 is 10.1 Å². The Balaban J connectivity index is 1.73. The standard InChI is InChI=1S/C18H27NO2/c1-14(16-4-3-11-19-13-16)12-17(20)8-5-15-6-9-18(21-2)10-7-15/h6-7,9-10,14,16,19H,3-5,8,11-13H2,1-2H3. The summed E-state index contributed by atoms with van der Waals surface area (Å²) < 4.78 is 5.14. The van der Waals surface area contributed by atoms with Crippen LogP contribution in [0, 0.1) is 11.8 Å². The van der Waals surface area contributed by atoms with Crippen molar-refractivity contribution >= 4 is 5.78 Å². The molecule has 0 saturated carbocycles. The summed E-state index contributed by atoms with van der Waals surface area (Å²) in [6, 6.07) is 7.99. The summed E-state index contributed by atoms with van der Waals surface area (Å²) >= 11 is 0. The van der Waals surface area contributed by atoms with Crippen LogP contribution in [0.15, 0.2) is 24.3 Å². The van der Waals surface area contributed by atoms with E-state index in [0.717, 1.165) is 31.7 Å². The van der Waals surface area contributed by atoms with Gasteiger partial charge in [-0.15, -0.1) is 0 Å². The van der Waals surface area contributed by atoms with Crippen molar-refractivity contribution in [1.82, 2.24) is 5.32 Å². The summed E-state index contributed by atoms with van der Waals surface area (Å²) in [5, 5.41) is 3.43. The number of piperidine rings is 1. The molecule has 1 aromatic rings. The lowest BCUT2D eigenvalue weighted by atomic mass is 9.84. The van der Waals surface area contributed by atoms with Crippen molar-refractivity contribution in [2.24, 2.45) is 11.8 Å². The third-order valence-corrected chi connectivity index (χ3v) is 4.54. The van der Waals surface area contributed by atoms with Gasteiger partial charge in [-0.25, -0.2) is 0 Å². The predicted octanol–water partition coefficient (Wildman–Crippen LogP) is 3.22. The van der Waals surface area contributed by atoms with Crippen molar-refractivity contribution in [2.75, 3.05) is 20.2 Å². The van der Waals surface area contributed by atoms with Gasteiger partial charge in [-0.05, 0) is 61.9 Å². The molecule has 0 aromatic heterocycles. The van der Waals surface area contributed by atoms with Gasteiger partial charge in [0.2, 0.25) is 0 Å². The molecule has 3 nitrogen and oxygen atoms in total. The maximum absolute atomic E-state index is 12.1. The number of nitrogens with one attached hydrogen (secondary N) is 1. The molecule has 116 valence electrons. The summed E-state index contributed by atoms with van der Waals surface area (Å²) in [5.41, 5.74) is 1.20. The molecular weight excluding hydrogens is 262 g/mol. The average Bonchev–Trinajstić information content (AvgIpc) is 2.54. The predicted molar refractivity (Wildman–Crippen MR) is 85.7 cm³/mol. The first kappa shape index (κ1) is 16.0. The number of carbonyl (C=O) groups excluding carboxylic acids is 1. The normalized spacial score (nSPS) is 20.0. The first-order chi connectivity index (χ1) is 10.2. The minimum atomic E-state index is 0.392. The van der Waals surface area contributed by atoms with Crippen molar-refractivity contribution < 1.29 is 9.53 Å². The third kappa shape index (κ3) is 5.16. The van der Waals surface area contributed by atoms with Gasteiger partial charge in [-0.1, -0.05) is 19.1 Å². The van der Waals surface area contributed by atoms with Crippen molar-refractivity contribution in [3.05, 3.63) is 29.8 Å². The van der Waals surface area contributed by atoms with Gasteiger partial charge >= 0.3 is 0 Å². The van der Waals surface area contributed by atoms with E-state index < -0.39 is 0 Å². The molecule has 0 aliphatic carbocycles. The summed E-state index contributed by atoms with van der Waals surface area (Å²) in [7, 11) is 1.67. The molecule has 1 aliphatic rings. The van der Waals surface area contributed by atoms with Gasteiger partial charge in [0.25, 0.3) is 0 Å². The Morgan fingerprint density at radius 2 is 2.14 bits per heavy atom. The van der Waals surface area contributed by atoms with Crippen LogP contribution in [0.1, 0.15) is 38.2 Å². The van der Waals surface area contributed by atoms with Crippen LogP contribution in [0.25, 0.3) is 0 Å². The van der Waals surface area contributed by atoms with E-state index in [1.54, 1.807) is 7.11 Å². The number of ketones is 1. The maximum atomic E-state index is 12.1. The van der Waals surface area contributed by atoms with E-state index in [0.29, 0.717) is 24.0 Å². The first-order valence-electron chi connectivity index (χ1n) is 8.04. The van der Waals surface area contributed by atoms with Crippen molar-refractivity contribution in [1.29, 1.82) is 0 Å². The lowest BCUT2D eigenvalue weighted by Crippen LogP contribution is -2.34. The number of hydrogen-bond acceptors (Lipinski definition) is 3. The van der Waals surface area contributed by atoms with Gasteiger partial charge in [0.15, 0.2) is 0 Å². The van der Waals surface area contributed by atoms with Gasteiger partial charge in [0.1, 0.15) is 11.5 Å². The Hall–Kier alpha value is -1.35. The molecule has 2 unspecified atom stereocenters. The maximum Gasteiger partial charge on any atom is 0.133 e. The van der Waals surface area contributed by atoms with Crippen LogP contribution in [-0.2, 0) is 11.2 Å². The largest absolute Gasteiger partial charge is 0.497 e. The van der Waals surface area contributed by atoms with Crippen LogP contribution in [0.4, 0.5) is 0 Å². The Kier molecular flexibility index (Phi) is 6.24. The van der Waals surface area contributed by atoms with Gasteiger partial charge in [-0.3, -0.25) is 4.79 Å². The Bertz CT molecular complexity index is 435. The number of hydrogen-bond donors (Lipinski definition) is 1. The minimum absolute atomic E-state index is 0.392. The molecule has 1 N–H and O–H groups in total. The van der Waals surface area contributed by atoms with Crippen molar-refractivity contribution in [3.63, 3.8) is 0 Å². The molecule has 0 amide bonds. The number of benzene rings is 1. The van der Waals surface area contributed by atoms with Crippen LogP contribution in [0.5, 0.6) is 5.75 Å². The smallest absolute Gasteiger partial charge is 0.133 e.